The number of rotatable bonds is 4. The van der Waals surface area contributed by atoms with Crippen LogP contribution in [-0.4, -0.2) is 14.2 Å². The molecule has 0 fully saturated rings. The predicted molar refractivity (Wildman–Crippen MR) is 49.0 cm³/mol. The highest BCUT2D eigenvalue weighted by molar-refractivity contribution is 5.40. The van der Waals surface area contributed by atoms with Gasteiger partial charge in [0.15, 0.2) is 0 Å². The van der Waals surface area contributed by atoms with Crippen molar-refractivity contribution < 1.29 is 9.47 Å². The lowest BCUT2D eigenvalue weighted by molar-refractivity contribution is 0.399. The van der Waals surface area contributed by atoms with Crippen LogP contribution in [0.15, 0.2) is 23.4 Å². The molecule has 13 heavy (non-hydrogen) atoms. The molecule has 0 N–H and O–H groups in total. The van der Waals surface area contributed by atoms with Gasteiger partial charge in [-0.2, -0.15) is 4.91 Å². The summed E-state index contributed by atoms with van der Waals surface area (Å²) in [6, 6.07) is 5.26. The minimum atomic E-state index is 0.0976. The summed E-state index contributed by atoms with van der Waals surface area (Å²) in [5.41, 5.74) is 0.733. The van der Waals surface area contributed by atoms with Gasteiger partial charge in [0.2, 0.25) is 0 Å². The highest BCUT2D eigenvalue weighted by Gasteiger charge is 2.04. The molecule has 4 heteroatoms. The second-order valence-corrected chi connectivity index (χ2v) is 2.46. The van der Waals surface area contributed by atoms with Crippen molar-refractivity contribution >= 4 is 0 Å². The topological polar surface area (TPSA) is 47.9 Å². The van der Waals surface area contributed by atoms with E-state index in [9.17, 15) is 4.91 Å². The van der Waals surface area contributed by atoms with Gasteiger partial charge in [0, 0.05) is 5.56 Å². The Balaban J connectivity index is 3.01. The number of hydrogen-bond acceptors (Lipinski definition) is 4. The molecular weight excluding hydrogens is 170 g/mol. The zero-order valence-electron chi connectivity index (χ0n) is 7.61. The summed E-state index contributed by atoms with van der Waals surface area (Å²) in [6.07, 6.45) is 0. The maximum Gasteiger partial charge on any atom is 0.124 e. The predicted octanol–water partition coefficient (Wildman–Crippen LogP) is 1.97. The fourth-order valence-corrected chi connectivity index (χ4v) is 1.08. The van der Waals surface area contributed by atoms with Crippen LogP contribution in [0.1, 0.15) is 5.56 Å². The van der Waals surface area contributed by atoms with E-state index in [1.807, 2.05) is 0 Å². The Morgan fingerprint density at radius 3 is 2.62 bits per heavy atom. The second kappa shape index (κ2) is 4.45. The Morgan fingerprint density at radius 1 is 1.31 bits per heavy atom. The number of nitrogens with zero attached hydrogens (tertiary/aromatic N) is 1. The summed E-state index contributed by atoms with van der Waals surface area (Å²) < 4.78 is 10.0. The SMILES string of the molecule is COc1ccc(OC)c(CN=O)c1. The molecule has 0 bridgehead atoms. The summed E-state index contributed by atoms with van der Waals surface area (Å²) in [7, 11) is 3.12. The van der Waals surface area contributed by atoms with Crippen molar-refractivity contribution in [1.29, 1.82) is 0 Å². The lowest BCUT2D eigenvalue weighted by atomic mass is 10.2. The zero-order valence-corrected chi connectivity index (χ0v) is 7.61. The number of nitroso groups, excluding NO2 is 1. The first kappa shape index (κ1) is 9.51. The molecule has 0 amide bonds. The minimum Gasteiger partial charge on any atom is -0.497 e. The van der Waals surface area contributed by atoms with Crippen LogP contribution in [0.3, 0.4) is 0 Å². The van der Waals surface area contributed by atoms with Crippen molar-refractivity contribution in [3.05, 3.63) is 28.7 Å². The number of methoxy groups -OCH3 is 2. The minimum absolute atomic E-state index is 0.0976. The molecule has 1 rings (SSSR count). The third-order valence-electron chi connectivity index (χ3n) is 1.72. The molecule has 0 saturated carbocycles. The number of hydrogen-bond donors (Lipinski definition) is 0. The molecule has 0 unspecified atom stereocenters. The Labute approximate surface area is 76.4 Å². The van der Waals surface area contributed by atoms with Crippen LogP contribution in [0.4, 0.5) is 0 Å². The van der Waals surface area contributed by atoms with Crippen molar-refractivity contribution in [2.75, 3.05) is 14.2 Å². The normalized spacial score (nSPS) is 9.38. The molecule has 0 aliphatic carbocycles. The molecule has 0 heterocycles. The quantitative estimate of drug-likeness (QED) is 0.667. The van der Waals surface area contributed by atoms with Gasteiger partial charge < -0.3 is 9.47 Å². The van der Waals surface area contributed by atoms with E-state index in [-0.39, 0.29) is 6.54 Å². The summed E-state index contributed by atoms with van der Waals surface area (Å²) in [4.78, 5) is 10.1. The molecular formula is C9H11NO3. The summed E-state index contributed by atoms with van der Waals surface area (Å²) in [6.45, 7) is 0.0976. The molecule has 0 saturated heterocycles. The summed E-state index contributed by atoms with van der Waals surface area (Å²) in [5.74, 6) is 1.35. The largest absolute Gasteiger partial charge is 0.497 e. The van der Waals surface area contributed by atoms with E-state index < -0.39 is 0 Å². The van der Waals surface area contributed by atoms with E-state index in [4.69, 9.17) is 9.47 Å². The molecule has 0 radical (unpaired) electrons. The van der Waals surface area contributed by atoms with Crippen molar-refractivity contribution in [3.8, 4) is 11.5 Å². The third-order valence-corrected chi connectivity index (χ3v) is 1.72. The molecule has 1 aromatic carbocycles. The van der Waals surface area contributed by atoms with Crippen molar-refractivity contribution in [3.63, 3.8) is 0 Å². The molecule has 0 aliphatic heterocycles. The van der Waals surface area contributed by atoms with E-state index >= 15 is 0 Å². The first-order chi connectivity index (χ1) is 6.31. The van der Waals surface area contributed by atoms with Crippen LogP contribution in [0.5, 0.6) is 11.5 Å². The van der Waals surface area contributed by atoms with Crippen molar-refractivity contribution in [2.24, 2.45) is 5.18 Å². The molecule has 0 aliphatic rings. The highest BCUT2D eigenvalue weighted by Crippen LogP contribution is 2.24. The van der Waals surface area contributed by atoms with Gasteiger partial charge in [-0.15, -0.1) is 0 Å². The maximum absolute atomic E-state index is 10.1. The van der Waals surface area contributed by atoms with E-state index in [1.54, 1.807) is 32.4 Å². The molecule has 4 nitrogen and oxygen atoms in total. The van der Waals surface area contributed by atoms with Gasteiger partial charge in [-0.3, -0.25) is 0 Å². The van der Waals surface area contributed by atoms with E-state index in [1.165, 1.54) is 0 Å². The Hall–Kier alpha value is -1.58. The Morgan fingerprint density at radius 2 is 2.08 bits per heavy atom. The van der Waals surface area contributed by atoms with Crippen LogP contribution in [0.2, 0.25) is 0 Å². The lowest BCUT2D eigenvalue weighted by Gasteiger charge is -2.07. The number of benzene rings is 1. The summed E-state index contributed by atoms with van der Waals surface area (Å²) in [5, 5.41) is 2.80. The van der Waals surface area contributed by atoms with Gasteiger partial charge in [0.25, 0.3) is 0 Å². The average Bonchev–Trinajstić information content (AvgIpc) is 2.18. The molecule has 1 aromatic rings. The van der Waals surface area contributed by atoms with Gasteiger partial charge in [0.1, 0.15) is 18.0 Å². The van der Waals surface area contributed by atoms with Gasteiger partial charge >= 0.3 is 0 Å². The highest BCUT2D eigenvalue weighted by atomic mass is 16.5. The fraction of sp³-hybridized carbons (Fsp3) is 0.333. The maximum atomic E-state index is 10.1. The van der Waals surface area contributed by atoms with Gasteiger partial charge in [0.05, 0.1) is 14.2 Å². The van der Waals surface area contributed by atoms with E-state index in [0.717, 1.165) is 5.56 Å². The Kier molecular flexibility index (Phi) is 3.25. The van der Waals surface area contributed by atoms with Crippen molar-refractivity contribution in [2.45, 2.75) is 6.54 Å². The van der Waals surface area contributed by atoms with Crippen LogP contribution in [0.25, 0.3) is 0 Å². The van der Waals surface area contributed by atoms with Gasteiger partial charge in [-0.25, -0.2) is 0 Å². The van der Waals surface area contributed by atoms with Crippen LogP contribution >= 0.6 is 0 Å². The average molecular weight is 181 g/mol. The molecule has 70 valence electrons. The third kappa shape index (κ3) is 2.18. The van der Waals surface area contributed by atoms with E-state index in [0.29, 0.717) is 11.5 Å². The zero-order chi connectivity index (χ0) is 9.68. The number of ether oxygens (including phenoxy) is 2. The lowest BCUT2D eigenvalue weighted by Crippen LogP contribution is -1.92. The standard InChI is InChI=1S/C9H11NO3/c1-12-8-3-4-9(13-2)7(5-8)6-10-11/h3-5H,6H2,1-2H3. The Bertz CT molecular complexity index is 299. The molecule has 0 atom stereocenters. The van der Waals surface area contributed by atoms with Crippen LogP contribution in [0, 0.1) is 4.91 Å². The van der Waals surface area contributed by atoms with Gasteiger partial charge in [-0.1, -0.05) is 5.18 Å². The first-order valence-corrected chi connectivity index (χ1v) is 3.82. The summed E-state index contributed by atoms with van der Waals surface area (Å²) >= 11 is 0. The first-order valence-electron chi connectivity index (χ1n) is 3.82. The van der Waals surface area contributed by atoms with E-state index in [2.05, 4.69) is 5.18 Å². The second-order valence-electron chi connectivity index (χ2n) is 2.46. The van der Waals surface area contributed by atoms with Crippen LogP contribution < -0.4 is 9.47 Å². The van der Waals surface area contributed by atoms with Crippen LogP contribution in [-0.2, 0) is 6.54 Å². The molecule has 0 aromatic heterocycles. The monoisotopic (exact) mass is 181 g/mol. The van der Waals surface area contributed by atoms with Gasteiger partial charge in [-0.05, 0) is 18.2 Å². The molecule has 0 spiro atoms. The van der Waals surface area contributed by atoms with Crippen molar-refractivity contribution in [1.82, 2.24) is 0 Å². The smallest absolute Gasteiger partial charge is 0.124 e. The fourth-order valence-electron chi connectivity index (χ4n) is 1.08.